The summed E-state index contributed by atoms with van der Waals surface area (Å²) in [5, 5.41) is 4.90. The maximum absolute atomic E-state index is 14.5. The lowest BCUT2D eigenvalue weighted by Gasteiger charge is -2.50. The molecule has 0 unspecified atom stereocenters. The molecule has 6 rings (SSSR count). The third kappa shape index (κ3) is 7.01. The largest absolute Gasteiger partial charge is 0.448 e. The predicted molar refractivity (Wildman–Crippen MR) is 179 cm³/mol. The second kappa shape index (κ2) is 13.7. The lowest BCUT2D eigenvalue weighted by atomic mass is 9.90. The Kier molecular flexibility index (Phi) is 9.41. The number of carbonyl (C=O) groups excluding carboxylic acids is 4. The van der Waals surface area contributed by atoms with Crippen LogP contribution in [-0.4, -0.2) is 58.1 Å². The fourth-order valence-electron chi connectivity index (χ4n) is 6.03. The van der Waals surface area contributed by atoms with Crippen LogP contribution in [0.25, 0.3) is 0 Å². The summed E-state index contributed by atoms with van der Waals surface area (Å²) < 4.78 is 25.5. The van der Waals surface area contributed by atoms with E-state index in [-0.39, 0.29) is 23.8 Å². The smallest absolute Gasteiger partial charge is 0.408 e. The van der Waals surface area contributed by atoms with Gasteiger partial charge in [0, 0.05) is 17.9 Å². The van der Waals surface area contributed by atoms with E-state index in [0.717, 1.165) is 16.7 Å². The first-order valence-electron chi connectivity index (χ1n) is 15.7. The van der Waals surface area contributed by atoms with Crippen LogP contribution in [0.3, 0.4) is 0 Å². The summed E-state index contributed by atoms with van der Waals surface area (Å²) in [5.74, 6) is -1.65. The van der Waals surface area contributed by atoms with Crippen molar-refractivity contribution in [1.29, 1.82) is 0 Å². The number of hydrogen-bond acceptors (Lipinski definition) is 7. The SMILES string of the molecule is CC(C)(C)OC(=O)N[C@@H]1C(=O)N2C(C(=O)OC(c3ccccc3)c3ccccc3)=C(C(Cc3ccc(F)cc3)=C3CCNC3=O)CS[C@H]12. The molecule has 248 valence electrons. The van der Waals surface area contributed by atoms with Gasteiger partial charge in [-0.1, -0.05) is 72.8 Å². The first-order valence-corrected chi connectivity index (χ1v) is 16.8. The molecule has 0 radical (unpaired) electrons. The fraction of sp³-hybridized carbons (Fsp3) is 0.297. The van der Waals surface area contributed by atoms with Crippen molar-refractivity contribution in [3.05, 3.63) is 130 Å². The van der Waals surface area contributed by atoms with Crippen molar-refractivity contribution in [2.24, 2.45) is 0 Å². The van der Waals surface area contributed by atoms with Gasteiger partial charge in [0.25, 0.3) is 5.91 Å². The van der Waals surface area contributed by atoms with E-state index in [0.29, 0.717) is 29.7 Å². The van der Waals surface area contributed by atoms with Crippen molar-refractivity contribution < 1.29 is 33.0 Å². The molecular weight excluding hydrogens is 633 g/mol. The molecule has 0 aromatic heterocycles. The molecule has 3 aromatic rings. The Bertz CT molecular complexity index is 1750. The van der Waals surface area contributed by atoms with Crippen LogP contribution in [0.15, 0.2) is 107 Å². The molecule has 2 fully saturated rings. The van der Waals surface area contributed by atoms with Crippen molar-refractivity contribution in [3.8, 4) is 0 Å². The maximum atomic E-state index is 14.5. The second-order valence-corrected chi connectivity index (χ2v) is 13.8. The third-order valence-corrected chi connectivity index (χ3v) is 9.50. The zero-order valence-corrected chi connectivity index (χ0v) is 27.6. The van der Waals surface area contributed by atoms with Gasteiger partial charge in [0.15, 0.2) is 6.10 Å². The molecule has 0 bridgehead atoms. The number of esters is 1. The van der Waals surface area contributed by atoms with Crippen LogP contribution in [0.1, 0.15) is 50.0 Å². The number of halogens is 1. The summed E-state index contributed by atoms with van der Waals surface area (Å²) in [7, 11) is 0. The molecule has 3 aliphatic rings. The number of thioether (sulfide) groups is 1. The number of alkyl carbamates (subject to hydrolysis) is 1. The molecule has 0 aliphatic carbocycles. The Morgan fingerprint density at radius 1 is 0.979 bits per heavy atom. The highest BCUT2D eigenvalue weighted by atomic mass is 32.2. The molecule has 9 nitrogen and oxygen atoms in total. The van der Waals surface area contributed by atoms with E-state index in [1.165, 1.54) is 28.8 Å². The van der Waals surface area contributed by atoms with Crippen molar-refractivity contribution in [2.45, 2.75) is 56.7 Å². The number of carbonyl (C=O) groups is 4. The Labute approximate surface area is 282 Å². The lowest BCUT2D eigenvalue weighted by Crippen LogP contribution is -2.70. The molecule has 0 spiro atoms. The third-order valence-electron chi connectivity index (χ3n) is 8.22. The zero-order chi connectivity index (χ0) is 34.0. The molecule has 11 heteroatoms. The maximum Gasteiger partial charge on any atom is 0.408 e. The number of rotatable bonds is 8. The Hall–Kier alpha value is -4.90. The Morgan fingerprint density at radius 2 is 1.60 bits per heavy atom. The van der Waals surface area contributed by atoms with Gasteiger partial charge in [0.2, 0.25) is 5.91 Å². The normalized spacial score (nSPS) is 20.1. The molecule has 48 heavy (non-hydrogen) atoms. The molecule has 3 aliphatic heterocycles. The van der Waals surface area contributed by atoms with E-state index in [2.05, 4.69) is 10.6 Å². The summed E-state index contributed by atoms with van der Waals surface area (Å²) >= 11 is 1.37. The van der Waals surface area contributed by atoms with E-state index in [1.807, 2.05) is 60.7 Å². The van der Waals surface area contributed by atoms with Gasteiger partial charge in [-0.2, -0.15) is 0 Å². The molecule has 3 amide bonds. The minimum atomic E-state index is -0.934. The van der Waals surface area contributed by atoms with Crippen molar-refractivity contribution in [2.75, 3.05) is 12.3 Å². The number of nitrogens with zero attached hydrogens (tertiary/aromatic N) is 1. The average molecular weight is 670 g/mol. The molecule has 2 saturated heterocycles. The summed E-state index contributed by atoms with van der Waals surface area (Å²) in [6.45, 7) is 5.61. The number of ether oxygens (including phenoxy) is 2. The molecule has 3 aromatic carbocycles. The number of hydrogen-bond donors (Lipinski definition) is 2. The van der Waals surface area contributed by atoms with E-state index in [1.54, 1.807) is 32.9 Å². The van der Waals surface area contributed by atoms with Crippen molar-refractivity contribution in [3.63, 3.8) is 0 Å². The van der Waals surface area contributed by atoms with E-state index >= 15 is 0 Å². The minimum Gasteiger partial charge on any atom is -0.448 e. The molecule has 0 saturated carbocycles. The van der Waals surface area contributed by atoms with E-state index in [4.69, 9.17) is 9.47 Å². The van der Waals surface area contributed by atoms with Gasteiger partial charge in [-0.3, -0.25) is 14.5 Å². The zero-order valence-electron chi connectivity index (χ0n) is 26.8. The highest BCUT2D eigenvalue weighted by Crippen LogP contribution is 2.45. The number of amides is 3. The van der Waals surface area contributed by atoms with Gasteiger partial charge in [-0.25, -0.2) is 14.0 Å². The van der Waals surface area contributed by atoms with Gasteiger partial charge in [0.1, 0.15) is 28.5 Å². The fourth-order valence-corrected chi connectivity index (χ4v) is 7.42. The quantitative estimate of drug-likeness (QED) is 0.183. The molecular formula is C37H36FN3O6S. The first-order chi connectivity index (χ1) is 23.0. The van der Waals surface area contributed by atoms with Crippen molar-refractivity contribution in [1.82, 2.24) is 15.5 Å². The minimum absolute atomic E-state index is 0.0205. The van der Waals surface area contributed by atoms with E-state index < -0.39 is 46.9 Å². The highest BCUT2D eigenvalue weighted by Gasteiger charge is 2.55. The molecule has 2 N–H and O–H groups in total. The number of benzene rings is 3. The second-order valence-electron chi connectivity index (χ2n) is 12.7. The average Bonchev–Trinajstić information content (AvgIpc) is 3.50. The summed E-state index contributed by atoms with van der Waals surface area (Å²) in [6.07, 6.45) is -0.891. The van der Waals surface area contributed by atoms with Gasteiger partial charge in [-0.05, 0) is 73.6 Å². The van der Waals surface area contributed by atoms with Crippen LogP contribution in [0, 0.1) is 5.82 Å². The monoisotopic (exact) mass is 669 g/mol. The summed E-state index contributed by atoms with van der Waals surface area (Å²) in [6, 6.07) is 23.6. The van der Waals surface area contributed by atoms with Crippen LogP contribution in [0.4, 0.5) is 9.18 Å². The van der Waals surface area contributed by atoms with Crippen LogP contribution in [-0.2, 0) is 30.3 Å². The van der Waals surface area contributed by atoms with Crippen LogP contribution >= 0.6 is 11.8 Å². The topological polar surface area (TPSA) is 114 Å². The Morgan fingerprint density at radius 3 is 2.17 bits per heavy atom. The van der Waals surface area contributed by atoms with Gasteiger partial charge < -0.3 is 20.1 Å². The number of β-lactam (4-membered cyclic amide) rings is 1. The van der Waals surface area contributed by atoms with Crippen LogP contribution in [0.5, 0.6) is 0 Å². The van der Waals surface area contributed by atoms with Crippen LogP contribution < -0.4 is 10.6 Å². The van der Waals surface area contributed by atoms with Crippen molar-refractivity contribution >= 4 is 35.6 Å². The van der Waals surface area contributed by atoms with Gasteiger partial charge in [0.05, 0.1) is 0 Å². The predicted octanol–water partition coefficient (Wildman–Crippen LogP) is 5.58. The van der Waals surface area contributed by atoms with Gasteiger partial charge >= 0.3 is 12.1 Å². The lowest BCUT2D eigenvalue weighted by molar-refractivity contribution is -0.153. The number of nitrogens with one attached hydrogen (secondary N) is 2. The summed E-state index contributed by atoms with van der Waals surface area (Å²) in [5.41, 5.74) is 3.02. The molecule has 3 heterocycles. The standard InChI is InChI=1S/C37H36FN3O6S/c1-37(2,3)47-36(45)40-29-33(43)41-30(35(44)46-31(23-10-6-4-7-11-23)24-12-8-5-9-13-24)28(21-48-34(29)41)27(26-18-19-39-32(26)42)20-22-14-16-25(38)17-15-22/h4-17,29,31,34H,18-21H2,1-3H3,(H,39,42)(H,40,45)/t29-,34-/m1/s1. The summed E-state index contributed by atoms with van der Waals surface area (Å²) in [4.78, 5) is 55.6. The molecule has 2 atom stereocenters. The first kappa shape index (κ1) is 33.0. The van der Waals surface area contributed by atoms with Crippen LogP contribution in [0.2, 0.25) is 0 Å². The van der Waals surface area contributed by atoms with Gasteiger partial charge in [-0.15, -0.1) is 11.8 Å². The Balaban J connectivity index is 1.43. The number of allylic oxidation sites excluding steroid dienone is 1. The van der Waals surface area contributed by atoms with E-state index in [9.17, 15) is 23.6 Å². The number of fused-ring (bicyclic) bond motifs is 1. The highest BCUT2D eigenvalue weighted by molar-refractivity contribution is 8.00.